The number of anilines is 1. The highest BCUT2D eigenvalue weighted by Crippen LogP contribution is 2.27. The van der Waals surface area contributed by atoms with Gasteiger partial charge in [-0.25, -0.2) is 4.98 Å². The molecule has 3 aromatic rings. The third-order valence-corrected chi connectivity index (χ3v) is 4.30. The van der Waals surface area contributed by atoms with Crippen molar-refractivity contribution in [3.05, 3.63) is 39.9 Å². The van der Waals surface area contributed by atoms with E-state index in [2.05, 4.69) is 26.8 Å². The Morgan fingerprint density at radius 3 is 3.06 bits per heavy atom. The Morgan fingerprint density at radius 2 is 2.24 bits per heavy atom. The molecule has 0 atom stereocenters. The lowest BCUT2D eigenvalue weighted by molar-refractivity contribution is 1.11. The Labute approximate surface area is 111 Å². The smallest absolute Gasteiger partial charge is 0.113 e. The van der Waals surface area contributed by atoms with Gasteiger partial charge in [-0.3, -0.25) is 0 Å². The van der Waals surface area contributed by atoms with E-state index in [4.69, 9.17) is 11.6 Å². The Hall–Kier alpha value is -1.17. The lowest BCUT2D eigenvalue weighted by Gasteiger charge is -2.04. The van der Waals surface area contributed by atoms with Gasteiger partial charge in [-0.1, -0.05) is 23.7 Å². The van der Waals surface area contributed by atoms with Crippen LogP contribution in [-0.2, 0) is 6.54 Å². The Morgan fingerprint density at radius 1 is 1.29 bits per heavy atom. The second kappa shape index (κ2) is 4.60. The average molecular weight is 282 g/mol. The highest BCUT2D eigenvalue weighted by atomic mass is 35.5. The molecule has 0 saturated carbocycles. The Balaban J connectivity index is 1.83. The fourth-order valence-electron chi connectivity index (χ4n) is 1.57. The standard InChI is InChI=1S/C11H8ClN3S2/c12-9-5-14-10(16-9)6-13-8-3-1-2-7-4-15-17-11(7)8/h1-5,13H,6H2. The number of hydrogen-bond donors (Lipinski definition) is 1. The summed E-state index contributed by atoms with van der Waals surface area (Å²) in [5, 5.41) is 5.51. The Bertz CT molecular complexity index is 647. The van der Waals surface area contributed by atoms with Crippen LogP contribution in [0.15, 0.2) is 30.6 Å². The molecule has 0 amide bonds. The van der Waals surface area contributed by atoms with Crippen molar-refractivity contribution in [2.45, 2.75) is 6.54 Å². The third kappa shape index (κ3) is 2.26. The quantitative estimate of drug-likeness (QED) is 0.788. The molecule has 0 aliphatic heterocycles. The number of halogens is 1. The summed E-state index contributed by atoms with van der Waals surface area (Å²) >= 11 is 8.83. The fraction of sp³-hybridized carbons (Fsp3) is 0.0909. The van der Waals surface area contributed by atoms with Crippen LogP contribution in [0.4, 0.5) is 5.69 Å². The summed E-state index contributed by atoms with van der Waals surface area (Å²) in [6.45, 7) is 0.689. The van der Waals surface area contributed by atoms with Crippen LogP contribution < -0.4 is 5.32 Å². The Kier molecular flexibility index (Phi) is 2.96. The minimum atomic E-state index is 0.689. The number of aromatic nitrogens is 2. The zero-order valence-electron chi connectivity index (χ0n) is 8.68. The number of nitrogens with zero attached hydrogens (tertiary/aromatic N) is 2. The molecule has 6 heteroatoms. The highest BCUT2D eigenvalue weighted by Gasteiger charge is 2.04. The van der Waals surface area contributed by atoms with Gasteiger partial charge in [0.25, 0.3) is 0 Å². The van der Waals surface area contributed by atoms with Crippen LogP contribution in [0.25, 0.3) is 10.1 Å². The first-order valence-electron chi connectivity index (χ1n) is 5.00. The molecule has 1 N–H and O–H groups in total. The molecule has 2 aromatic heterocycles. The van der Waals surface area contributed by atoms with E-state index in [1.807, 2.05) is 12.3 Å². The molecule has 0 saturated heterocycles. The number of fused-ring (bicyclic) bond motifs is 1. The van der Waals surface area contributed by atoms with Gasteiger partial charge in [0.05, 0.1) is 23.1 Å². The van der Waals surface area contributed by atoms with Gasteiger partial charge in [-0.15, -0.1) is 11.3 Å². The molecule has 17 heavy (non-hydrogen) atoms. The van der Waals surface area contributed by atoms with Gasteiger partial charge < -0.3 is 5.32 Å². The average Bonchev–Trinajstić information content (AvgIpc) is 2.94. The summed E-state index contributed by atoms with van der Waals surface area (Å²) < 4.78 is 6.08. The number of thiazole rings is 1. The molecule has 1 aromatic carbocycles. The molecule has 0 aliphatic rings. The SMILES string of the molecule is Clc1cnc(CNc2cccc3cnsc23)s1. The van der Waals surface area contributed by atoms with Crippen LogP contribution in [0.5, 0.6) is 0 Å². The van der Waals surface area contributed by atoms with Gasteiger partial charge >= 0.3 is 0 Å². The van der Waals surface area contributed by atoms with Gasteiger partial charge in [0.1, 0.15) is 9.34 Å². The van der Waals surface area contributed by atoms with Crippen molar-refractivity contribution in [2.75, 3.05) is 5.32 Å². The van der Waals surface area contributed by atoms with Crippen molar-refractivity contribution < 1.29 is 0 Å². The van der Waals surface area contributed by atoms with Crippen LogP contribution in [0.2, 0.25) is 4.34 Å². The maximum atomic E-state index is 5.84. The molecular formula is C11H8ClN3S2. The summed E-state index contributed by atoms with van der Waals surface area (Å²) in [6, 6.07) is 6.13. The van der Waals surface area contributed by atoms with E-state index in [0.717, 1.165) is 20.4 Å². The van der Waals surface area contributed by atoms with Gasteiger partial charge in [0, 0.05) is 11.6 Å². The third-order valence-electron chi connectivity index (χ3n) is 2.34. The zero-order chi connectivity index (χ0) is 11.7. The summed E-state index contributed by atoms with van der Waals surface area (Å²) in [6.07, 6.45) is 3.56. The first kappa shape index (κ1) is 11.0. The summed E-state index contributed by atoms with van der Waals surface area (Å²) in [5.74, 6) is 0. The predicted molar refractivity (Wildman–Crippen MR) is 74.1 cm³/mol. The topological polar surface area (TPSA) is 37.8 Å². The van der Waals surface area contributed by atoms with Gasteiger partial charge in [0.2, 0.25) is 0 Å². The molecular weight excluding hydrogens is 274 g/mol. The summed E-state index contributed by atoms with van der Waals surface area (Å²) in [4.78, 5) is 4.21. The van der Waals surface area contributed by atoms with E-state index in [0.29, 0.717) is 6.54 Å². The van der Waals surface area contributed by atoms with E-state index < -0.39 is 0 Å². The van der Waals surface area contributed by atoms with Crippen molar-refractivity contribution in [1.29, 1.82) is 0 Å². The molecule has 3 rings (SSSR count). The monoisotopic (exact) mass is 281 g/mol. The normalized spacial score (nSPS) is 10.9. The molecule has 3 nitrogen and oxygen atoms in total. The molecule has 0 spiro atoms. The van der Waals surface area contributed by atoms with E-state index in [1.165, 1.54) is 27.6 Å². The highest BCUT2D eigenvalue weighted by molar-refractivity contribution is 7.15. The number of rotatable bonds is 3. The minimum absolute atomic E-state index is 0.689. The first-order chi connectivity index (χ1) is 8.33. The van der Waals surface area contributed by atoms with Crippen molar-refractivity contribution in [3.8, 4) is 0 Å². The van der Waals surface area contributed by atoms with Crippen molar-refractivity contribution in [1.82, 2.24) is 9.36 Å². The number of benzene rings is 1. The number of hydrogen-bond acceptors (Lipinski definition) is 5. The van der Waals surface area contributed by atoms with Gasteiger partial charge in [0.15, 0.2) is 0 Å². The maximum absolute atomic E-state index is 5.84. The molecule has 2 heterocycles. The molecule has 0 bridgehead atoms. The van der Waals surface area contributed by atoms with E-state index in [-0.39, 0.29) is 0 Å². The maximum Gasteiger partial charge on any atom is 0.113 e. The summed E-state index contributed by atoms with van der Waals surface area (Å²) in [7, 11) is 0. The minimum Gasteiger partial charge on any atom is -0.377 e. The zero-order valence-corrected chi connectivity index (χ0v) is 11.1. The van der Waals surface area contributed by atoms with Gasteiger partial charge in [-0.05, 0) is 17.6 Å². The van der Waals surface area contributed by atoms with Crippen molar-refractivity contribution in [2.24, 2.45) is 0 Å². The molecule has 0 fully saturated rings. The largest absolute Gasteiger partial charge is 0.377 e. The molecule has 0 unspecified atom stereocenters. The van der Waals surface area contributed by atoms with Crippen LogP contribution >= 0.6 is 34.5 Å². The predicted octanol–water partition coefficient (Wildman–Crippen LogP) is 4.02. The van der Waals surface area contributed by atoms with E-state index in [9.17, 15) is 0 Å². The van der Waals surface area contributed by atoms with Crippen LogP contribution in [0.3, 0.4) is 0 Å². The first-order valence-corrected chi connectivity index (χ1v) is 6.97. The number of nitrogens with one attached hydrogen (secondary N) is 1. The molecule has 0 radical (unpaired) electrons. The van der Waals surface area contributed by atoms with Crippen molar-refractivity contribution >= 4 is 50.2 Å². The lowest BCUT2D eigenvalue weighted by Crippen LogP contribution is -1.98. The van der Waals surface area contributed by atoms with Crippen LogP contribution in [-0.4, -0.2) is 9.36 Å². The van der Waals surface area contributed by atoms with E-state index >= 15 is 0 Å². The lowest BCUT2D eigenvalue weighted by atomic mass is 10.2. The van der Waals surface area contributed by atoms with E-state index in [1.54, 1.807) is 6.20 Å². The fourth-order valence-corrected chi connectivity index (χ4v) is 3.21. The second-order valence-electron chi connectivity index (χ2n) is 3.46. The second-order valence-corrected chi connectivity index (χ2v) is 6.01. The molecule has 0 aliphatic carbocycles. The molecule has 86 valence electrons. The van der Waals surface area contributed by atoms with Crippen LogP contribution in [0, 0.1) is 0 Å². The summed E-state index contributed by atoms with van der Waals surface area (Å²) in [5.41, 5.74) is 1.09. The van der Waals surface area contributed by atoms with Crippen molar-refractivity contribution in [3.63, 3.8) is 0 Å². The van der Waals surface area contributed by atoms with Crippen LogP contribution in [0.1, 0.15) is 5.01 Å². The van der Waals surface area contributed by atoms with Gasteiger partial charge in [-0.2, -0.15) is 4.37 Å².